The predicted octanol–water partition coefficient (Wildman–Crippen LogP) is 7.77. The highest BCUT2D eigenvalue weighted by molar-refractivity contribution is 6.10. The van der Waals surface area contributed by atoms with Gasteiger partial charge in [0.25, 0.3) is 11.8 Å². The van der Waals surface area contributed by atoms with Gasteiger partial charge in [0.1, 0.15) is 23.9 Å². The number of carbonyl (C=O) groups excluding carboxylic acids is 5. The molecule has 5 amide bonds. The maximum absolute atomic E-state index is 14.1. The summed E-state index contributed by atoms with van der Waals surface area (Å²) in [5.41, 5.74) is 5.62. The minimum Gasteiger partial charge on any atom is -0.453 e. The van der Waals surface area contributed by atoms with Crippen LogP contribution in [-0.4, -0.2) is 87.6 Å². The molecule has 0 radical (unpaired) electrons. The number of alkyl carbamates (subject to hydrolysis) is 2. The highest BCUT2D eigenvalue weighted by Gasteiger charge is 2.39. The number of rotatable bonds is 13. The van der Waals surface area contributed by atoms with Gasteiger partial charge in [0.05, 0.1) is 37.7 Å². The number of carbonyl (C=O) groups is 5. The van der Waals surface area contributed by atoms with Crippen LogP contribution in [0.2, 0.25) is 0 Å². The number of imidazole rings is 1. The van der Waals surface area contributed by atoms with Gasteiger partial charge < -0.3 is 44.8 Å². The van der Waals surface area contributed by atoms with E-state index >= 15 is 0 Å². The molecule has 63 heavy (non-hydrogen) atoms. The number of amides is 5. The number of ether oxygens (including phenoxy) is 2. The third-order valence-corrected chi connectivity index (χ3v) is 12.1. The minimum atomic E-state index is -1.01. The molecule has 15 nitrogen and oxygen atoms in total. The summed E-state index contributed by atoms with van der Waals surface area (Å²) in [5.74, 6) is -0.233. The fourth-order valence-electron chi connectivity index (χ4n) is 8.95. The number of hydrogen-bond acceptors (Lipinski definition) is 8. The summed E-state index contributed by atoms with van der Waals surface area (Å²) in [6.45, 7) is 3.82. The Morgan fingerprint density at radius 3 is 1.97 bits per heavy atom. The molecule has 8 rings (SSSR count). The first kappa shape index (κ1) is 42.5. The Bertz CT molecular complexity index is 2630. The average Bonchev–Trinajstić information content (AvgIpc) is 4.15. The topological polar surface area (TPSA) is 180 Å². The number of aromatic amines is 1. The van der Waals surface area contributed by atoms with Crippen molar-refractivity contribution in [2.45, 2.75) is 76.2 Å². The summed E-state index contributed by atoms with van der Waals surface area (Å²) < 4.78 is 12.0. The molecular formula is C48H52N8O7. The lowest BCUT2D eigenvalue weighted by Crippen LogP contribution is -2.48. The summed E-state index contributed by atoms with van der Waals surface area (Å²) in [4.78, 5) is 78.3. The van der Waals surface area contributed by atoms with Crippen molar-refractivity contribution in [3.05, 3.63) is 120 Å². The number of aryl methyl sites for hydroxylation is 1. The quantitative estimate of drug-likeness (QED) is 0.0910. The van der Waals surface area contributed by atoms with Crippen molar-refractivity contribution in [2.24, 2.45) is 0 Å². The maximum atomic E-state index is 14.1. The van der Waals surface area contributed by atoms with Gasteiger partial charge in [-0.25, -0.2) is 14.6 Å². The summed E-state index contributed by atoms with van der Waals surface area (Å²) in [5, 5.41) is 10.6. The molecule has 0 spiro atoms. The lowest BCUT2D eigenvalue weighted by Gasteiger charge is -2.28. The number of H-pyrrole nitrogens is 1. The van der Waals surface area contributed by atoms with Crippen LogP contribution in [0, 0.1) is 0 Å². The average molecular weight is 853 g/mol. The van der Waals surface area contributed by atoms with Gasteiger partial charge in [-0.2, -0.15) is 0 Å². The zero-order valence-electron chi connectivity index (χ0n) is 35.6. The molecule has 0 saturated carbocycles. The van der Waals surface area contributed by atoms with Crippen LogP contribution in [0.5, 0.6) is 0 Å². The summed E-state index contributed by atoms with van der Waals surface area (Å²) in [6, 6.07) is 27.4. The van der Waals surface area contributed by atoms with E-state index in [0.717, 1.165) is 65.3 Å². The molecule has 326 valence electrons. The van der Waals surface area contributed by atoms with E-state index in [2.05, 4.69) is 50.6 Å². The number of fused-ring (bicyclic) bond motifs is 3. The van der Waals surface area contributed by atoms with E-state index in [9.17, 15) is 24.0 Å². The molecule has 2 fully saturated rings. The molecule has 15 heteroatoms. The number of aromatic nitrogens is 3. The summed E-state index contributed by atoms with van der Waals surface area (Å²) >= 11 is 0. The van der Waals surface area contributed by atoms with Crippen molar-refractivity contribution in [3.8, 4) is 11.3 Å². The van der Waals surface area contributed by atoms with E-state index in [-0.39, 0.29) is 23.8 Å². The second kappa shape index (κ2) is 18.8. The van der Waals surface area contributed by atoms with Crippen LogP contribution in [0.25, 0.3) is 33.1 Å². The maximum Gasteiger partial charge on any atom is 0.407 e. The van der Waals surface area contributed by atoms with Crippen LogP contribution in [0.1, 0.15) is 80.5 Å². The number of benzene rings is 4. The van der Waals surface area contributed by atoms with Crippen LogP contribution >= 0.6 is 0 Å². The van der Waals surface area contributed by atoms with Gasteiger partial charge in [-0.3, -0.25) is 14.4 Å². The highest BCUT2D eigenvalue weighted by atomic mass is 16.5. The normalized spacial score (nSPS) is 17.1. The van der Waals surface area contributed by atoms with Crippen molar-refractivity contribution >= 4 is 57.4 Å². The Morgan fingerprint density at radius 1 is 0.746 bits per heavy atom. The lowest BCUT2D eigenvalue weighted by atomic mass is 10.0. The van der Waals surface area contributed by atoms with Gasteiger partial charge >= 0.3 is 12.2 Å². The molecule has 2 aliphatic heterocycles. The van der Waals surface area contributed by atoms with Crippen molar-refractivity contribution in [3.63, 3.8) is 0 Å². The van der Waals surface area contributed by atoms with Gasteiger partial charge in [0, 0.05) is 47.2 Å². The molecule has 4 N–H and O–H groups in total. The van der Waals surface area contributed by atoms with Crippen molar-refractivity contribution in [1.82, 2.24) is 35.0 Å². The first-order valence-corrected chi connectivity index (χ1v) is 21.5. The molecular weight excluding hydrogens is 801 g/mol. The molecule has 2 aromatic heterocycles. The van der Waals surface area contributed by atoms with E-state index in [1.54, 1.807) is 40.3 Å². The number of hydrogen-bond donors (Lipinski definition) is 4. The fourth-order valence-corrected chi connectivity index (χ4v) is 8.95. The standard InChI is InChI=1S/C48H52N8O7/c1-4-5-24-54-39-27-32(36-29-49-43(51-36)37-18-12-25-55(37)45(58)41(52-47(60)62-2)30-14-8-6-9-15-30)20-22-34(39)35-23-21-33(28-40(35)54)50-44(57)38-19-13-26-56(38)46(59)42(53-48(61)63-3)31-16-10-7-11-17-31/h6-11,14-17,20-23,27-29,37-38,41-42H,4-5,12-13,18-19,24-26H2,1-3H3,(H,49,51)(H,50,57)(H,52,60)(H,53,61)/t37-,38-,41+,42+/m0/s1. The Morgan fingerprint density at radius 2 is 1.33 bits per heavy atom. The smallest absolute Gasteiger partial charge is 0.407 e. The van der Waals surface area contributed by atoms with Gasteiger partial charge in [-0.05, 0) is 61.4 Å². The van der Waals surface area contributed by atoms with Gasteiger partial charge in [0.2, 0.25) is 5.91 Å². The number of nitrogens with zero attached hydrogens (tertiary/aromatic N) is 4. The number of anilines is 1. The predicted molar refractivity (Wildman–Crippen MR) is 238 cm³/mol. The zero-order chi connectivity index (χ0) is 44.0. The second-order valence-corrected chi connectivity index (χ2v) is 16.0. The molecule has 6 aromatic rings. The monoisotopic (exact) mass is 852 g/mol. The van der Waals surface area contributed by atoms with Crippen molar-refractivity contribution < 1.29 is 33.4 Å². The highest BCUT2D eigenvalue weighted by Crippen LogP contribution is 2.37. The largest absolute Gasteiger partial charge is 0.453 e. The van der Waals surface area contributed by atoms with Gasteiger partial charge in [-0.1, -0.05) is 92.2 Å². The minimum absolute atomic E-state index is 0.233. The molecule has 4 atom stereocenters. The van der Waals surface area contributed by atoms with Crippen LogP contribution < -0.4 is 16.0 Å². The van der Waals surface area contributed by atoms with Crippen LogP contribution in [-0.2, 0) is 30.4 Å². The first-order valence-electron chi connectivity index (χ1n) is 21.5. The molecule has 2 aliphatic rings. The van der Waals surface area contributed by atoms with Gasteiger partial charge in [0.15, 0.2) is 0 Å². The molecule has 0 bridgehead atoms. The van der Waals surface area contributed by atoms with Gasteiger partial charge in [-0.15, -0.1) is 0 Å². The van der Waals surface area contributed by atoms with Crippen molar-refractivity contribution in [2.75, 3.05) is 32.6 Å². The molecule has 2 saturated heterocycles. The molecule has 0 aliphatic carbocycles. The fraction of sp³-hybridized carbons (Fsp3) is 0.333. The Hall–Kier alpha value is -7.16. The van der Waals surface area contributed by atoms with Crippen LogP contribution in [0.3, 0.4) is 0 Å². The SMILES string of the molecule is CCCCn1c2cc(NC(=O)[C@@H]3CCCN3C(=O)[C@H](NC(=O)OC)c3ccccc3)ccc2c2ccc(-c3cnc([C@@H]4CCCN4C(=O)[C@H](NC(=O)OC)c4ccccc4)[nH]3)cc21. The third kappa shape index (κ3) is 8.81. The Kier molecular flexibility index (Phi) is 12.7. The zero-order valence-corrected chi connectivity index (χ0v) is 35.6. The number of nitrogens with one attached hydrogen (secondary N) is 4. The van der Waals surface area contributed by atoms with E-state index in [1.807, 2.05) is 54.6 Å². The first-order chi connectivity index (χ1) is 30.7. The van der Waals surface area contributed by atoms with Crippen LogP contribution in [0.15, 0.2) is 103 Å². The second-order valence-electron chi connectivity index (χ2n) is 16.0. The summed E-state index contributed by atoms with van der Waals surface area (Å²) in [6.07, 6.45) is 4.95. The van der Waals surface area contributed by atoms with E-state index in [1.165, 1.54) is 14.2 Å². The third-order valence-electron chi connectivity index (χ3n) is 12.1. The van der Waals surface area contributed by atoms with E-state index in [4.69, 9.17) is 14.5 Å². The summed E-state index contributed by atoms with van der Waals surface area (Å²) in [7, 11) is 2.52. The number of unbranched alkanes of at least 4 members (excludes halogenated alkanes) is 1. The van der Waals surface area contributed by atoms with E-state index < -0.39 is 30.3 Å². The molecule has 4 heterocycles. The molecule has 4 aromatic carbocycles. The Labute approximate surface area is 365 Å². The number of likely N-dealkylation sites (tertiary alicyclic amines) is 2. The van der Waals surface area contributed by atoms with Crippen LogP contribution in [0.4, 0.5) is 15.3 Å². The van der Waals surface area contributed by atoms with E-state index in [0.29, 0.717) is 48.6 Å². The lowest BCUT2D eigenvalue weighted by molar-refractivity contribution is -0.138. The molecule has 0 unspecified atom stereocenters. The Balaban J connectivity index is 1.04. The van der Waals surface area contributed by atoms with Crippen molar-refractivity contribution in [1.29, 1.82) is 0 Å². The number of methoxy groups -OCH3 is 2.